The topological polar surface area (TPSA) is 72.4 Å². The lowest BCUT2D eigenvalue weighted by molar-refractivity contribution is 0.326. The number of anilines is 1. The minimum Gasteiger partial charge on any atom is -0.478 e. The summed E-state index contributed by atoms with van der Waals surface area (Å²) in [5, 5.41) is 0. The Morgan fingerprint density at radius 2 is 2.26 bits per heavy atom. The fourth-order valence-corrected chi connectivity index (χ4v) is 3.86. The molecule has 0 aliphatic carbocycles. The highest BCUT2D eigenvalue weighted by molar-refractivity contribution is 7.91. The van der Waals surface area contributed by atoms with E-state index in [-0.39, 0.29) is 17.4 Å². The standard InChI is InChI=1S/C12H19N3O3S/c1-3-18-12-6-11(13-9-14-12)15-4-5-19(16,17)8-10(2)7-15/h6,9-10H,3-5,7-8H2,1-2H3. The Kier molecular flexibility index (Phi) is 4.24. The fourth-order valence-electron chi connectivity index (χ4n) is 2.22. The Labute approximate surface area is 113 Å². The quantitative estimate of drug-likeness (QED) is 0.816. The van der Waals surface area contributed by atoms with Crippen molar-refractivity contribution in [3.8, 4) is 5.88 Å². The van der Waals surface area contributed by atoms with Crippen LogP contribution in [-0.4, -0.2) is 49.6 Å². The summed E-state index contributed by atoms with van der Waals surface area (Å²) in [6.07, 6.45) is 1.45. The summed E-state index contributed by atoms with van der Waals surface area (Å²) < 4.78 is 28.8. The van der Waals surface area contributed by atoms with Gasteiger partial charge in [0.25, 0.3) is 0 Å². The van der Waals surface area contributed by atoms with E-state index in [0.29, 0.717) is 25.6 Å². The first kappa shape index (κ1) is 14.0. The maximum Gasteiger partial charge on any atom is 0.218 e. The third-order valence-corrected chi connectivity index (χ3v) is 4.87. The predicted octanol–water partition coefficient (Wildman–Crippen LogP) is 0.746. The van der Waals surface area contributed by atoms with Gasteiger partial charge in [0, 0.05) is 19.2 Å². The van der Waals surface area contributed by atoms with Gasteiger partial charge >= 0.3 is 0 Å². The number of aromatic nitrogens is 2. The van der Waals surface area contributed by atoms with Crippen LogP contribution in [0.2, 0.25) is 0 Å². The highest BCUT2D eigenvalue weighted by atomic mass is 32.2. The van der Waals surface area contributed by atoms with E-state index in [4.69, 9.17) is 4.74 Å². The number of sulfone groups is 1. The molecule has 2 rings (SSSR count). The Balaban J connectivity index is 2.19. The normalized spacial score (nSPS) is 22.8. The number of rotatable bonds is 3. The lowest BCUT2D eigenvalue weighted by Crippen LogP contribution is -2.29. The molecule has 7 heteroatoms. The van der Waals surface area contributed by atoms with Gasteiger partial charge in [0.2, 0.25) is 5.88 Å². The molecule has 2 heterocycles. The summed E-state index contributed by atoms with van der Waals surface area (Å²) in [5.41, 5.74) is 0. The van der Waals surface area contributed by atoms with Gasteiger partial charge in [-0.2, -0.15) is 0 Å². The maximum absolute atomic E-state index is 11.7. The van der Waals surface area contributed by atoms with Gasteiger partial charge in [-0.1, -0.05) is 6.92 Å². The molecule has 0 amide bonds. The zero-order valence-electron chi connectivity index (χ0n) is 11.2. The monoisotopic (exact) mass is 285 g/mol. The highest BCUT2D eigenvalue weighted by Crippen LogP contribution is 2.20. The van der Waals surface area contributed by atoms with Crippen LogP contribution in [0.25, 0.3) is 0 Å². The van der Waals surface area contributed by atoms with Crippen LogP contribution in [0.3, 0.4) is 0 Å². The number of ether oxygens (including phenoxy) is 1. The molecule has 1 saturated heterocycles. The van der Waals surface area contributed by atoms with E-state index in [0.717, 1.165) is 5.82 Å². The third-order valence-electron chi connectivity index (χ3n) is 2.99. The average Bonchev–Trinajstić information content (AvgIpc) is 2.47. The van der Waals surface area contributed by atoms with E-state index >= 15 is 0 Å². The molecule has 1 atom stereocenters. The van der Waals surface area contributed by atoms with Gasteiger partial charge in [-0.3, -0.25) is 0 Å². The summed E-state index contributed by atoms with van der Waals surface area (Å²) in [6.45, 7) is 5.53. The van der Waals surface area contributed by atoms with E-state index in [9.17, 15) is 8.42 Å². The van der Waals surface area contributed by atoms with Gasteiger partial charge in [-0.15, -0.1) is 0 Å². The van der Waals surface area contributed by atoms with Crippen LogP contribution in [-0.2, 0) is 9.84 Å². The SMILES string of the molecule is CCOc1cc(N2CCS(=O)(=O)CC(C)C2)ncn1. The van der Waals surface area contributed by atoms with Gasteiger partial charge in [0.1, 0.15) is 12.1 Å². The second kappa shape index (κ2) is 5.73. The van der Waals surface area contributed by atoms with Crippen LogP contribution >= 0.6 is 0 Å². The molecule has 106 valence electrons. The molecular weight excluding hydrogens is 266 g/mol. The fraction of sp³-hybridized carbons (Fsp3) is 0.667. The molecule has 1 aromatic rings. The molecule has 1 fully saturated rings. The maximum atomic E-state index is 11.7. The van der Waals surface area contributed by atoms with Gasteiger partial charge in [0.15, 0.2) is 9.84 Å². The van der Waals surface area contributed by atoms with Crippen molar-refractivity contribution in [2.45, 2.75) is 13.8 Å². The molecule has 1 unspecified atom stereocenters. The van der Waals surface area contributed by atoms with Crippen molar-refractivity contribution in [3.63, 3.8) is 0 Å². The van der Waals surface area contributed by atoms with Gasteiger partial charge < -0.3 is 9.64 Å². The van der Waals surface area contributed by atoms with Crippen molar-refractivity contribution in [3.05, 3.63) is 12.4 Å². The third kappa shape index (κ3) is 3.79. The van der Waals surface area contributed by atoms with E-state index in [1.807, 2.05) is 18.7 Å². The van der Waals surface area contributed by atoms with Crippen LogP contribution in [0.1, 0.15) is 13.8 Å². The molecule has 0 N–H and O–H groups in total. The zero-order valence-corrected chi connectivity index (χ0v) is 12.1. The van der Waals surface area contributed by atoms with Crippen molar-refractivity contribution < 1.29 is 13.2 Å². The van der Waals surface area contributed by atoms with Crippen LogP contribution in [0.5, 0.6) is 5.88 Å². The number of hydrogen-bond acceptors (Lipinski definition) is 6. The van der Waals surface area contributed by atoms with Gasteiger partial charge in [-0.05, 0) is 12.8 Å². The van der Waals surface area contributed by atoms with Crippen LogP contribution in [0, 0.1) is 5.92 Å². The Morgan fingerprint density at radius 1 is 1.47 bits per heavy atom. The Hall–Kier alpha value is -1.37. The van der Waals surface area contributed by atoms with E-state index in [2.05, 4.69) is 9.97 Å². The Morgan fingerprint density at radius 3 is 3.00 bits per heavy atom. The Bertz CT molecular complexity index is 533. The molecular formula is C12H19N3O3S. The first-order chi connectivity index (χ1) is 9.00. The molecule has 1 aromatic heterocycles. The summed E-state index contributed by atoms with van der Waals surface area (Å²) in [4.78, 5) is 10.2. The highest BCUT2D eigenvalue weighted by Gasteiger charge is 2.25. The summed E-state index contributed by atoms with van der Waals surface area (Å²) in [7, 11) is -2.95. The largest absolute Gasteiger partial charge is 0.478 e. The lowest BCUT2D eigenvalue weighted by Gasteiger charge is -2.23. The first-order valence-corrected chi connectivity index (χ1v) is 8.22. The second-order valence-electron chi connectivity index (χ2n) is 4.81. The molecule has 0 bridgehead atoms. The molecule has 1 aliphatic rings. The number of nitrogens with zero attached hydrogens (tertiary/aromatic N) is 3. The van der Waals surface area contributed by atoms with Gasteiger partial charge in [0.05, 0.1) is 18.1 Å². The van der Waals surface area contributed by atoms with Crippen molar-refractivity contribution in [1.29, 1.82) is 0 Å². The van der Waals surface area contributed by atoms with Crippen LogP contribution < -0.4 is 9.64 Å². The molecule has 19 heavy (non-hydrogen) atoms. The van der Waals surface area contributed by atoms with Crippen molar-refractivity contribution in [2.75, 3.05) is 36.1 Å². The minimum absolute atomic E-state index is 0.0954. The summed E-state index contributed by atoms with van der Waals surface area (Å²) in [6, 6.07) is 1.76. The van der Waals surface area contributed by atoms with Crippen molar-refractivity contribution in [2.24, 2.45) is 5.92 Å². The number of hydrogen-bond donors (Lipinski definition) is 0. The van der Waals surface area contributed by atoms with E-state index in [1.54, 1.807) is 6.07 Å². The lowest BCUT2D eigenvalue weighted by atomic mass is 10.2. The second-order valence-corrected chi connectivity index (χ2v) is 7.04. The van der Waals surface area contributed by atoms with Crippen LogP contribution in [0.4, 0.5) is 5.82 Å². The molecule has 0 spiro atoms. The molecule has 0 aromatic carbocycles. The molecule has 0 radical (unpaired) electrons. The molecule has 6 nitrogen and oxygen atoms in total. The molecule has 1 aliphatic heterocycles. The molecule has 0 saturated carbocycles. The van der Waals surface area contributed by atoms with E-state index in [1.165, 1.54) is 6.33 Å². The summed E-state index contributed by atoms with van der Waals surface area (Å²) >= 11 is 0. The van der Waals surface area contributed by atoms with Crippen LogP contribution in [0.15, 0.2) is 12.4 Å². The summed E-state index contributed by atoms with van der Waals surface area (Å²) in [5.74, 6) is 1.76. The van der Waals surface area contributed by atoms with E-state index < -0.39 is 9.84 Å². The average molecular weight is 285 g/mol. The first-order valence-electron chi connectivity index (χ1n) is 6.40. The van der Waals surface area contributed by atoms with Crippen molar-refractivity contribution in [1.82, 2.24) is 9.97 Å². The zero-order chi connectivity index (χ0) is 13.9. The smallest absolute Gasteiger partial charge is 0.218 e. The predicted molar refractivity (Wildman–Crippen MR) is 73.2 cm³/mol. The van der Waals surface area contributed by atoms with Crippen molar-refractivity contribution >= 4 is 15.7 Å². The van der Waals surface area contributed by atoms with Gasteiger partial charge in [-0.25, -0.2) is 18.4 Å². The minimum atomic E-state index is -2.95.